The van der Waals surface area contributed by atoms with E-state index in [-0.39, 0.29) is 19.1 Å². The Labute approximate surface area is 353 Å². The molecule has 3 N–H and O–H groups in total. The largest absolute Gasteiger partial charge is 0.472 e. The van der Waals surface area contributed by atoms with Crippen molar-refractivity contribution in [2.45, 2.75) is 225 Å². The van der Waals surface area contributed by atoms with Gasteiger partial charge in [0.2, 0.25) is 5.91 Å². The Kier molecular flexibility index (Phi) is 39.2. The van der Waals surface area contributed by atoms with Gasteiger partial charge in [-0.1, -0.05) is 185 Å². The maximum Gasteiger partial charge on any atom is 0.472 e. The third-order valence-electron chi connectivity index (χ3n) is 10.6. The van der Waals surface area contributed by atoms with Crippen LogP contribution in [0, 0.1) is 0 Å². The minimum Gasteiger partial charge on any atom is -0.387 e. The van der Waals surface area contributed by atoms with Gasteiger partial charge in [0.05, 0.1) is 39.9 Å². The summed E-state index contributed by atoms with van der Waals surface area (Å²) in [5.41, 5.74) is 0. The Hall–Kier alpha value is -1.28. The monoisotopic (exact) mass is 826 g/mol. The molecule has 0 rings (SSSR count). The fourth-order valence-electron chi connectivity index (χ4n) is 6.76. The second kappa shape index (κ2) is 40.1. The van der Waals surface area contributed by atoms with E-state index in [2.05, 4.69) is 43.5 Å². The van der Waals surface area contributed by atoms with Crippen molar-refractivity contribution in [1.82, 2.24) is 5.32 Å². The van der Waals surface area contributed by atoms with Gasteiger partial charge in [0, 0.05) is 6.42 Å². The highest BCUT2D eigenvalue weighted by Crippen LogP contribution is 2.43. The van der Waals surface area contributed by atoms with Gasteiger partial charge in [-0.2, -0.15) is 0 Å². The van der Waals surface area contributed by atoms with Crippen LogP contribution in [0.25, 0.3) is 0 Å². The number of allylic oxidation sites excluding steroid dienone is 5. The number of hydrogen-bond donors (Lipinski definition) is 3. The quantitative estimate of drug-likeness (QED) is 0.0245. The molecule has 0 fully saturated rings. The maximum absolute atomic E-state index is 12.9. The van der Waals surface area contributed by atoms with E-state index in [1.54, 1.807) is 6.08 Å². The first-order chi connectivity index (χ1) is 27.5. The van der Waals surface area contributed by atoms with E-state index in [0.29, 0.717) is 17.4 Å². The van der Waals surface area contributed by atoms with Crippen LogP contribution >= 0.6 is 7.82 Å². The van der Waals surface area contributed by atoms with Gasteiger partial charge in [-0.05, 0) is 57.8 Å². The Bertz CT molecular complexity index is 1030. The van der Waals surface area contributed by atoms with Gasteiger partial charge >= 0.3 is 7.82 Å². The number of likely N-dealkylation sites (N-methyl/N-ethyl adjacent to an activating group) is 1. The molecular weight excluding hydrogens is 732 g/mol. The van der Waals surface area contributed by atoms with E-state index in [1.807, 2.05) is 27.2 Å². The molecule has 0 spiro atoms. The molecule has 0 aliphatic rings. The van der Waals surface area contributed by atoms with Crippen molar-refractivity contribution in [3.8, 4) is 0 Å². The number of nitrogens with zero attached hydrogens (tertiary/aromatic N) is 1. The molecule has 3 atom stereocenters. The highest BCUT2D eigenvalue weighted by molar-refractivity contribution is 7.47. The zero-order valence-corrected chi connectivity index (χ0v) is 39.0. The molecule has 1 amide bonds. The van der Waals surface area contributed by atoms with Crippen LogP contribution in [0.5, 0.6) is 0 Å². The lowest BCUT2D eigenvalue weighted by Crippen LogP contribution is -2.45. The Balaban J connectivity index is 4.42. The number of rotatable bonds is 43. The number of carbonyl (C=O) groups excluding carboxylic acids is 1. The molecular formula is C48H94N2O6P+. The maximum atomic E-state index is 12.9. The third kappa shape index (κ3) is 42.6. The number of phosphoric ester groups is 1. The van der Waals surface area contributed by atoms with Crippen molar-refractivity contribution in [1.29, 1.82) is 0 Å². The van der Waals surface area contributed by atoms with Crippen molar-refractivity contribution in [3.05, 3.63) is 36.5 Å². The zero-order chi connectivity index (χ0) is 42.1. The second-order valence-electron chi connectivity index (χ2n) is 17.5. The van der Waals surface area contributed by atoms with Gasteiger partial charge in [-0.25, -0.2) is 4.57 Å². The average Bonchev–Trinajstić information content (AvgIpc) is 3.16. The van der Waals surface area contributed by atoms with Crippen LogP contribution in [0.3, 0.4) is 0 Å². The smallest absolute Gasteiger partial charge is 0.387 e. The molecule has 0 radical (unpaired) electrons. The Morgan fingerprint density at radius 1 is 0.579 bits per heavy atom. The number of aliphatic hydroxyl groups is 1. The van der Waals surface area contributed by atoms with Crippen LogP contribution in [0.15, 0.2) is 36.5 Å². The van der Waals surface area contributed by atoms with E-state index >= 15 is 0 Å². The fourth-order valence-corrected chi connectivity index (χ4v) is 7.49. The molecule has 8 nitrogen and oxygen atoms in total. The first kappa shape index (κ1) is 55.7. The first-order valence-corrected chi connectivity index (χ1v) is 25.4. The first-order valence-electron chi connectivity index (χ1n) is 23.9. The van der Waals surface area contributed by atoms with Gasteiger partial charge in [0.15, 0.2) is 0 Å². The molecule has 0 saturated carbocycles. The van der Waals surface area contributed by atoms with Crippen LogP contribution in [-0.4, -0.2) is 73.4 Å². The molecule has 0 aromatic carbocycles. The molecule has 0 heterocycles. The second-order valence-corrected chi connectivity index (χ2v) is 18.9. The van der Waals surface area contributed by atoms with Crippen LogP contribution < -0.4 is 5.32 Å². The minimum atomic E-state index is -4.35. The number of aliphatic hydroxyl groups excluding tert-OH is 1. The summed E-state index contributed by atoms with van der Waals surface area (Å²) in [4.78, 5) is 23.1. The Morgan fingerprint density at radius 2 is 0.965 bits per heavy atom. The number of hydrogen-bond acceptors (Lipinski definition) is 5. The molecule has 9 heteroatoms. The predicted octanol–water partition coefficient (Wildman–Crippen LogP) is 13.5. The SMILES string of the molecule is CCCCCCCCC/C=C\CCCCCCCCCC(=O)NC(COP(=O)(O)OCC[N+](C)(C)C)C(O)/C=C/CC/C=C/CCCCCCCCCCCCC. The van der Waals surface area contributed by atoms with E-state index in [9.17, 15) is 19.4 Å². The van der Waals surface area contributed by atoms with Crippen LogP contribution in [-0.2, 0) is 18.4 Å². The van der Waals surface area contributed by atoms with E-state index < -0.39 is 20.0 Å². The lowest BCUT2D eigenvalue weighted by Gasteiger charge is -2.25. The number of amides is 1. The van der Waals surface area contributed by atoms with Gasteiger partial charge in [0.25, 0.3) is 0 Å². The van der Waals surface area contributed by atoms with Gasteiger partial charge in [0.1, 0.15) is 13.2 Å². The number of unbranched alkanes of at least 4 members (excludes halogenated alkanes) is 26. The van der Waals surface area contributed by atoms with Gasteiger partial charge in [-0.3, -0.25) is 13.8 Å². The average molecular weight is 826 g/mol. The molecule has 0 saturated heterocycles. The minimum absolute atomic E-state index is 0.0555. The summed E-state index contributed by atoms with van der Waals surface area (Å²) in [6.07, 6.45) is 49.3. The van der Waals surface area contributed by atoms with Crippen molar-refractivity contribution in [2.75, 3.05) is 40.9 Å². The molecule has 3 unspecified atom stereocenters. The standard InChI is InChI=1S/C48H93N2O6P/c1-6-8-10-12-14-16-18-20-22-24-26-28-30-32-34-36-38-40-42-48(52)49-46(45-56-57(53,54)55-44-43-50(3,4)5)47(51)41-39-37-35-33-31-29-27-25-23-21-19-17-15-13-11-9-7-2/h22,24,31,33,39,41,46-47,51H,6-21,23,25-30,32,34-38,40,42-45H2,1-5H3,(H-,49,52,53,54)/p+1/b24-22-,33-31+,41-39+. The third-order valence-corrected chi connectivity index (χ3v) is 11.6. The van der Waals surface area contributed by atoms with Crippen LogP contribution in [0.4, 0.5) is 0 Å². The highest BCUT2D eigenvalue weighted by atomic mass is 31.2. The zero-order valence-electron chi connectivity index (χ0n) is 38.1. The summed E-state index contributed by atoms with van der Waals surface area (Å²) in [5.74, 6) is -0.191. The van der Waals surface area contributed by atoms with Gasteiger partial charge in [-0.15, -0.1) is 0 Å². The number of phosphoric acid groups is 1. The van der Waals surface area contributed by atoms with Crippen molar-refractivity contribution in [2.24, 2.45) is 0 Å². The summed E-state index contributed by atoms with van der Waals surface area (Å²) in [6, 6.07) is -0.863. The number of nitrogens with one attached hydrogen (secondary N) is 1. The van der Waals surface area contributed by atoms with E-state index in [4.69, 9.17) is 9.05 Å². The summed E-state index contributed by atoms with van der Waals surface area (Å²) in [7, 11) is 1.55. The molecule has 0 bridgehead atoms. The predicted molar refractivity (Wildman–Crippen MR) is 244 cm³/mol. The fraction of sp³-hybridized carbons (Fsp3) is 0.854. The summed E-state index contributed by atoms with van der Waals surface area (Å²) in [6.45, 7) is 4.79. The lowest BCUT2D eigenvalue weighted by atomic mass is 10.1. The van der Waals surface area contributed by atoms with Crippen LogP contribution in [0.1, 0.15) is 213 Å². The number of carbonyl (C=O) groups is 1. The van der Waals surface area contributed by atoms with E-state index in [1.165, 1.54) is 154 Å². The highest BCUT2D eigenvalue weighted by Gasteiger charge is 2.27. The number of quaternary nitrogens is 1. The summed E-state index contributed by atoms with van der Waals surface area (Å²) in [5, 5.41) is 13.8. The van der Waals surface area contributed by atoms with Crippen molar-refractivity contribution >= 4 is 13.7 Å². The molecule has 0 aromatic heterocycles. The summed E-state index contributed by atoms with van der Waals surface area (Å²) < 4.78 is 23.6. The van der Waals surface area contributed by atoms with Crippen molar-refractivity contribution in [3.63, 3.8) is 0 Å². The molecule has 0 aliphatic carbocycles. The molecule has 57 heavy (non-hydrogen) atoms. The van der Waals surface area contributed by atoms with E-state index in [0.717, 1.165) is 38.5 Å². The summed E-state index contributed by atoms with van der Waals surface area (Å²) >= 11 is 0. The normalized spacial score (nSPS) is 14.6. The van der Waals surface area contributed by atoms with Crippen molar-refractivity contribution < 1.29 is 32.9 Å². The molecule has 336 valence electrons. The topological polar surface area (TPSA) is 105 Å². The van der Waals surface area contributed by atoms with Gasteiger partial charge < -0.3 is 19.8 Å². The molecule has 0 aromatic rings. The Morgan fingerprint density at radius 3 is 1.40 bits per heavy atom. The lowest BCUT2D eigenvalue weighted by molar-refractivity contribution is -0.870. The van der Waals surface area contributed by atoms with Crippen LogP contribution in [0.2, 0.25) is 0 Å². The molecule has 0 aliphatic heterocycles.